The van der Waals surface area contributed by atoms with E-state index in [1.54, 1.807) is 41.3 Å². The van der Waals surface area contributed by atoms with Gasteiger partial charge in [0.1, 0.15) is 5.75 Å². The van der Waals surface area contributed by atoms with Crippen molar-refractivity contribution in [2.75, 3.05) is 16.4 Å². The van der Waals surface area contributed by atoms with Crippen LogP contribution in [0.25, 0.3) is 0 Å². The molecule has 0 aromatic heterocycles. The second-order valence-corrected chi connectivity index (χ2v) is 9.73. The van der Waals surface area contributed by atoms with Gasteiger partial charge < -0.3 is 19.6 Å². The number of carboxylic acid groups (broad SMARTS) is 1. The molecular weight excluding hydrogens is 504 g/mol. The van der Waals surface area contributed by atoms with Gasteiger partial charge in [0, 0.05) is 40.8 Å². The maximum absolute atomic E-state index is 13.7. The van der Waals surface area contributed by atoms with Gasteiger partial charge in [-0.15, -0.1) is 0 Å². The lowest BCUT2D eigenvalue weighted by Gasteiger charge is -2.43. The molecule has 1 aliphatic heterocycles. The number of carbonyl (C=O) groups is 3. The fourth-order valence-electron chi connectivity index (χ4n) is 4.85. The number of rotatable bonds is 9. The summed E-state index contributed by atoms with van der Waals surface area (Å²) in [6.45, 7) is 4.13. The van der Waals surface area contributed by atoms with Crippen molar-refractivity contribution in [3.63, 3.8) is 0 Å². The van der Waals surface area contributed by atoms with Gasteiger partial charge in [0.15, 0.2) is 0 Å². The van der Waals surface area contributed by atoms with E-state index in [0.717, 1.165) is 16.9 Å². The number of hydrogen-bond donors (Lipinski definition) is 1. The van der Waals surface area contributed by atoms with Crippen LogP contribution in [0.3, 0.4) is 0 Å². The Morgan fingerprint density at radius 2 is 1.71 bits per heavy atom. The summed E-state index contributed by atoms with van der Waals surface area (Å²) in [5.41, 5.74) is 2.97. The summed E-state index contributed by atoms with van der Waals surface area (Å²) < 4.78 is 5.60. The van der Waals surface area contributed by atoms with Crippen molar-refractivity contribution in [2.24, 2.45) is 0 Å². The predicted molar refractivity (Wildman–Crippen MR) is 148 cm³/mol. The highest BCUT2D eigenvalue weighted by atomic mass is 35.5. The van der Waals surface area contributed by atoms with Crippen LogP contribution < -0.4 is 14.5 Å². The minimum Gasteiger partial charge on any atom is -0.494 e. The standard InChI is InChI=1S/C30H31ClN2O5/c1-3-28(34)33(23-14-12-22(31)13-15-23)27-19-20(2)32(26-8-5-4-7-25(26)27)30(37)21-10-16-24(17-11-21)38-18-6-9-29(35)36/h4-5,7-8,10-17,20,27H,3,6,9,18-19H2,1-2H3,(H,35,36). The third-order valence-corrected chi connectivity index (χ3v) is 6.92. The van der Waals surface area contributed by atoms with Crippen LogP contribution in [0, 0.1) is 0 Å². The molecule has 2 unspecified atom stereocenters. The van der Waals surface area contributed by atoms with Crippen molar-refractivity contribution in [3.8, 4) is 5.75 Å². The smallest absolute Gasteiger partial charge is 0.303 e. The van der Waals surface area contributed by atoms with Crippen LogP contribution in [0.1, 0.15) is 61.5 Å². The van der Waals surface area contributed by atoms with Gasteiger partial charge in [-0.05, 0) is 79.9 Å². The maximum atomic E-state index is 13.7. The normalized spacial score (nSPS) is 16.4. The molecule has 1 N–H and O–H groups in total. The average molecular weight is 535 g/mol. The number of amides is 2. The highest BCUT2D eigenvalue weighted by Gasteiger charge is 2.38. The number of ether oxygens (including phenoxy) is 1. The van der Waals surface area contributed by atoms with Crippen LogP contribution in [0.5, 0.6) is 5.75 Å². The van der Waals surface area contributed by atoms with Crippen molar-refractivity contribution >= 4 is 40.8 Å². The van der Waals surface area contributed by atoms with E-state index in [0.29, 0.717) is 35.6 Å². The van der Waals surface area contributed by atoms with E-state index < -0.39 is 5.97 Å². The third-order valence-electron chi connectivity index (χ3n) is 6.67. The average Bonchev–Trinajstić information content (AvgIpc) is 2.92. The summed E-state index contributed by atoms with van der Waals surface area (Å²) in [5.74, 6) is -0.419. The van der Waals surface area contributed by atoms with E-state index in [4.69, 9.17) is 21.4 Å². The SMILES string of the molecule is CCC(=O)N(c1ccc(Cl)cc1)C1CC(C)N(C(=O)c2ccc(OCCCC(=O)O)cc2)c2ccccc21. The first-order valence-corrected chi connectivity index (χ1v) is 13.1. The van der Waals surface area contributed by atoms with Crippen molar-refractivity contribution in [2.45, 2.75) is 51.6 Å². The number of carboxylic acids is 1. The van der Waals surface area contributed by atoms with Crippen LogP contribution in [0.15, 0.2) is 72.8 Å². The molecule has 0 bridgehead atoms. The van der Waals surface area contributed by atoms with E-state index in [9.17, 15) is 14.4 Å². The lowest BCUT2D eigenvalue weighted by atomic mass is 9.89. The van der Waals surface area contributed by atoms with E-state index in [-0.39, 0.29) is 36.9 Å². The number of carbonyl (C=O) groups excluding carboxylic acids is 2. The van der Waals surface area contributed by atoms with Crippen LogP contribution in [-0.4, -0.2) is 35.5 Å². The second kappa shape index (κ2) is 12.1. The van der Waals surface area contributed by atoms with Crippen LogP contribution in [-0.2, 0) is 9.59 Å². The number of aliphatic carboxylic acids is 1. The number of anilines is 2. The van der Waals surface area contributed by atoms with Gasteiger partial charge in [0.25, 0.3) is 5.91 Å². The Morgan fingerprint density at radius 1 is 1.03 bits per heavy atom. The molecule has 8 heteroatoms. The molecular formula is C30H31ClN2O5. The fourth-order valence-corrected chi connectivity index (χ4v) is 4.98. The highest BCUT2D eigenvalue weighted by Crippen LogP contribution is 2.43. The molecule has 2 amide bonds. The molecule has 0 saturated heterocycles. The van der Waals surface area contributed by atoms with E-state index in [2.05, 4.69) is 0 Å². The maximum Gasteiger partial charge on any atom is 0.303 e. The number of benzene rings is 3. The molecule has 0 fully saturated rings. The number of para-hydroxylation sites is 1. The van der Waals surface area contributed by atoms with Gasteiger partial charge in [-0.2, -0.15) is 0 Å². The van der Waals surface area contributed by atoms with Crippen LogP contribution in [0.2, 0.25) is 5.02 Å². The Balaban J connectivity index is 1.60. The highest BCUT2D eigenvalue weighted by molar-refractivity contribution is 6.30. The summed E-state index contributed by atoms with van der Waals surface area (Å²) in [4.78, 5) is 41.2. The fraction of sp³-hybridized carbons (Fsp3) is 0.300. The third kappa shape index (κ3) is 6.00. The molecule has 0 spiro atoms. The summed E-state index contributed by atoms with van der Waals surface area (Å²) in [6.07, 6.45) is 1.38. The lowest BCUT2D eigenvalue weighted by Crippen LogP contribution is -2.47. The van der Waals surface area contributed by atoms with Gasteiger partial charge in [-0.1, -0.05) is 36.7 Å². The van der Waals surface area contributed by atoms with Crippen molar-refractivity contribution in [3.05, 3.63) is 88.9 Å². The Kier molecular flexibility index (Phi) is 8.69. The van der Waals surface area contributed by atoms with Gasteiger partial charge in [-0.3, -0.25) is 14.4 Å². The largest absolute Gasteiger partial charge is 0.494 e. The Morgan fingerprint density at radius 3 is 2.37 bits per heavy atom. The monoisotopic (exact) mass is 534 g/mol. The zero-order valence-electron chi connectivity index (χ0n) is 21.5. The molecule has 3 aromatic rings. The number of fused-ring (bicyclic) bond motifs is 1. The van der Waals surface area contributed by atoms with E-state index in [1.165, 1.54) is 0 Å². The molecule has 0 saturated carbocycles. The molecule has 0 radical (unpaired) electrons. The van der Waals surface area contributed by atoms with E-state index >= 15 is 0 Å². The number of hydrogen-bond acceptors (Lipinski definition) is 4. The topological polar surface area (TPSA) is 87.2 Å². The Hall–Kier alpha value is -3.84. The van der Waals surface area contributed by atoms with Gasteiger partial charge in [0.2, 0.25) is 5.91 Å². The summed E-state index contributed by atoms with van der Waals surface area (Å²) in [6, 6.07) is 21.5. The zero-order chi connectivity index (χ0) is 27.2. The van der Waals surface area contributed by atoms with Gasteiger partial charge in [0.05, 0.1) is 12.6 Å². The molecule has 1 aliphatic rings. The molecule has 7 nitrogen and oxygen atoms in total. The van der Waals surface area contributed by atoms with Crippen LogP contribution >= 0.6 is 11.6 Å². The van der Waals surface area contributed by atoms with Gasteiger partial charge >= 0.3 is 5.97 Å². The van der Waals surface area contributed by atoms with Crippen molar-refractivity contribution in [1.29, 1.82) is 0 Å². The first-order chi connectivity index (χ1) is 18.3. The van der Waals surface area contributed by atoms with Crippen molar-refractivity contribution in [1.82, 2.24) is 0 Å². The molecule has 3 aromatic carbocycles. The zero-order valence-corrected chi connectivity index (χ0v) is 22.2. The molecule has 2 atom stereocenters. The minimum absolute atomic E-state index is 0.00181. The molecule has 4 rings (SSSR count). The molecule has 0 aliphatic carbocycles. The Bertz CT molecular complexity index is 1290. The first kappa shape index (κ1) is 27.2. The Labute approximate surface area is 227 Å². The predicted octanol–water partition coefficient (Wildman–Crippen LogP) is 6.51. The first-order valence-electron chi connectivity index (χ1n) is 12.7. The quantitative estimate of drug-likeness (QED) is 0.316. The molecule has 198 valence electrons. The number of nitrogens with zero attached hydrogens (tertiary/aromatic N) is 2. The lowest BCUT2D eigenvalue weighted by molar-refractivity contribution is -0.137. The van der Waals surface area contributed by atoms with Crippen LogP contribution in [0.4, 0.5) is 11.4 Å². The van der Waals surface area contributed by atoms with E-state index in [1.807, 2.05) is 55.1 Å². The summed E-state index contributed by atoms with van der Waals surface area (Å²) in [5, 5.41) is 9.36. The van der Waals surface area contributed by atoms with Gasteiger partial charge in [-0.25, -0.2) is 0 Å². The molecule has 38 heavy (non-hydrogen) atoms. The second-order valence-electron chi connectivity index (χ2n) is 9.30. The number of halogens is 1. The molecule has 1 heterocycles. The summed E-state index contributed by atoms with van der Waals surface area (Å²) in [7, 11) is 0. The summed E-state index contributed by atoms with van der Waals surface area (Å²) >= 11 is 6.11. The minimum atomic E-state index is -0.858. The van der Waals surface area contributed by atoms with Crippen molar-refractivity contribution < 1.29 is 24.2 Å².